The lowest BCUT2D eigenvalue weighted by Gasteiger charge is -2.07. The highest BCUT2D eigenvalue weighted by molar-refractivity contribution is 5.98. The second kappa shape index (κ2) is 10.1. The summed E-state index contributed by atoms with van der Waals surface area (Å²) in [6, 6.07) is 13.7. The summed E-state index contributed by atoms with van der Waals surface area (Å²) in [5, 5.41) is 2.77. The summed E-state index contributed by atoms with van der Waals surface area (Å²) in [7, 11) is 1.32. The molecule has 1 amide bonds. The quantitative estimate of drug-likeness (QED) is 0.542. The molecule has 2 rings (SSSR count). The van der Waals surface area contributed by atoms with Crippen LogP contribution in [0.2, 0.25) is 0 Å². The number of ketones is 1. The highest BCUT2D eigenvalue weighted by Crippen LogP contribution is 2.14. The first-order chi connectivity index (χ1) is 13.0. The Labute approximate surface area is 158 Å². The van der Waals surface area contributed by atoms with Gasteiger partial charge in [0.25, 0.3) is 0 Å². The van der Waals surface area contributed by atoms with E-state index < -0.39 is 5.97 Å². The molecule has 0 unspecified atom stereocenters. The number of hydrogen-bond donors (Lipinski definition) is 1. The van der Waals surface area contributed by atoms with Crippen molar-refractivity contribution in [3.8, 4) is 5.75 Å². The number of Topliss-reactive ketones (excluding diaryl/α,β-unsaturated/α-hetero) is 1. The minimum atomic E-state index is -0.404. The van der Waals surface area contributed by atoms with Crippen LogP contribution in [0.5, 0.6) is 5.75 Å². The second-order valence-electron chi connectivity index (χ2n) is 5.85. The van der Waals surface area contributed by atoms with Crippen molar-refractivity contribution < 1.29 is 23.9 Å². The molecule has 0 bridgehead atoms. The van der Waals surface area contributed by atoms with Gasteiger partial charge in [0.05, 0.1) is 19.3 Å². The van der Waals surface area contributed by atoms with Gasteiger partial charge in [-0.2, -0.15) is 0 Å². The lowest BCUT2D eigenvalue weighted by molar-refractivity contribution is -0.121. The predicted molar refractivity (Wildman–Crippen MR) is 101 cm³/mol. The average Bonchev–Trinajstić information content (AvgIpc) is 2.71. The SMILES string of the molecule is CCOc1ccc(C(=O)CCC(=O)NCc2ccc(C(=O)OC)cc2)cc1. The normalized spacial score (nSPS) is 10.1. The van der Waals surface area contributed by atoms with Crippen LogP contribution in [0.3, 0.4) is 0 Å². The Kier molecular flexibility index (Phi) is 7.55. The number of carbonyl (C=O) groups excluding carboxylic acids is 3. The summed E-state index contributed by atoms with van der Waals surface area (Å²) >= 11 is 0. The molecule has 0 aromatic heterocycles. The molecule has 27 heavy (non-hydrogen) atoms. The zero-order chi connectivity index (χ0) is 19.6. The minimum Gasteiger partial charge on any atom is -0.494 e. The molecular weight excluding hydrogens is 346 g/mol. The first-order valence-corrected chi connectivity index (χ1v) is 8.73. The molecule has 2 aromatic carbocycles. The molecule has 142 valence electrons. The van der Waals surface area contributed by atoms with Gasteiger partial charge in [0, 0.05) is 24.9 Å². The molecular formula is C21H23NO5. The molecule has 0 spiro atoms. The van der Waals surface area contributed by atoms with Crippen molar-refractivity contribution in [2.75, 3.05) is 13.7 Å². The molecule has 1 N–H and O–H groups in total. The van der Waals surface area contributed by atoms with Crippen molar-refractivity contribution >= 4 is 17.7 Å². The van der Waals surface area contributed by atoms with Crippen LogP contribution >= 0.6 is 0 Å². The fraction of sp³-hybridized carbons (Fsp3) is 0.286. The standard InChI is InChI=1S/C21H23NO5/c1-3-27-18-10-8-16(9-11-18)19(23)12-13-20(24)22-14-15-4-6-17(7-5-15)21(25)26-2/h4-11H,3,12-14H2,1-2H3,(H,22,24). The first kappa shape index (κ1) is 20.2. The molecule has 6 heteroatoms. The van der Waals surface area contributed by atoms with Gasteiger partial charge >= 0.3 is 5.97 Å². The van der Waals surface area contributed by atoms with E-state index in [1.165, 1.54) is 7.11 Å². The summed E-state index contributed by atoms with van der Waals surface area (Å²) in [4.78, 5) is 35.5. The number of nitrogens with one attached hydrogen (secondary N) is 1. The van der Waals surface area contributed by atoms with E-state index in [4.69, 9.17) is 4.74 Å². The number of methoxy groups -OCH3 is 1. The van der Waals surface area contributed by atoms with E-state index in [1.807, 2.05) is 6.92 Å². The number of carbonyl (C=O) groups is 3. The number of hydrogen-bond acceptors (Lipinski definition) is 5. The Bertz CT molecular complexity index is 781. The molecule has 6 nitrogen and oxygen atoms in total. The topological polar surface area (TPSA) is 81.7 Å². The maximum absolute atomic E-state index is 12.2. The van der Waals surface area contributed by atoms with E-state index in [9.17, 15) is 14.4 Å². The van der Waals surface area contributed by atoms with Crippen molar-refractivity contribution in [2.24, 2.45) is 0 Å². The number of ether oxygens (including phenoxy) is 2. The van der Waals surface area contributed by atoms with Gasteiger partial charge in [0.15, 0.2) is 5.78 Å². The highest BCUT2D eigenvalue weighted by Gasteiger charge is 2.10. The van der Waals surface area contributed by atoms with E-state index in [2.05, 4.69) is 10.1 Å². The maximum Gasteiger partial charge on any atom is 0.337 e. The van der Waals surface area contributed by atoms with Gasteiger partial charge in [-0.25, -0.2) is 4.79 Å². The zero-order valence-electron chi connectivity index (χ0n) is 15.5. The maximum atomic E-state index is 12.2. The molecule has 0 aliphatic heterocycles. The van der Waals surface area contributed by atoms with Crippen LogP contribution in [0.1, 0.15) is 46.0 Å². The van der Waals surface area contributed by atoms with E-state index >= 15 is 0 Å². The van der Waals surface area contributed by atoms with E-state index in [0.29, 0.717) is 30.0 Å². The van der Waals surface area contributed by atoms with E-state index in [1.54, 1.807) is 48.5 Å². The van der Waals surface area contributed by atoms with Gasteiger partial charge in [-0.05, 0) is 48.9 Å². The lowest BCUT2D eigenvalue weighted by Crippen LogP contribution is -2.23. The van der Waals surface area contributed by atoms with Crippen LogP contribution in [0.4, 0.5) is 0 Å². The summed E-state index contributed by atoms with van der Waals surface area (Å²) in [5.74, 6) is 0.0189. The predicted octanol–water partition coefficient (Wildman–Crippen LogP) is 3.15. The van der Waals surface area contributed by atoms with E-state index in [0.717, 1.165) is 5.56 Å². The van der Waals surface area contributed by atoms with Gasteiger partial charge in [-0.15, -0.1) is 0 Å². The largest absolute Gasteiger partial charge is 0.494 e. The third-order valence-corrected chi connectivity index (χ3v) is 3.93. The van der Waals surface area contributed by atoms with E-state index in [-0.39, 0.29) is 24.5 Å². The van der Waals surface area contributed by atoms with Crippen molar-refractivity contribution in [3.05, 3.63) is 65.2 Å². The number of rotatable bonds is 9. The van der Waals surface area contributed by atoms with Crippen molar-refractivity contribution in [2.45, 2.75) is 26.3 Å². The Morgan fingerprint density at radius 2 is 1.52 bits per heavy atom. The van der Waals surface area contributed by atoms with Crippen LogP contribution in [-0.4, -0.2) is 31.4 Å². The van der Waals surface area contributed by atoms with Gasteiger partial charge < -0.3 is 14.8 Å². The Balaban J connectivity index is 1.77. The molecule has 0 saturated heterocycles. The van der Waals surface area contributed by atoms with Crippen LogP contribution in [-0.2, 0) is 16.1 Å². The van der Waals surface area contributed by atoms with Gasteiger partial charge in [-0.3, -0.25) is 9.59 Å². The molecule has 0 aliphatic carbocycles. The molecule has 0 saturated carbocycles. The van der Waals surface area contributed by atoms with Crippen LogP contribution in [0.25, 0.3) is 0 Å². The summed E-state index contributed by atoms with van der Waals surface area (Å²) < 4.78 is 9.97. The first-order valence-electron chi connectivity index (χ1n) is 8.73. The lowest BCUT2D eigenvalue weighted by atomic mass is 10.1. The van der Waals surface area contributed by atoms with Crippen LogP contribution in [0, 0.1) is 0 Å². The molecule has 0 aliphatic rings. The smallest absolute Gasteiger partial charge is 0.337 e. The van der Waals surface area contributed by atoms with Crippen molar-refractivity contribution in [1.82, 2.24) is 5.32 Å². The second-order valence-corrected chi connectivity index (χ2v) is 5.85. The fourth-order valence-corrected chi connectivity index (χ4v) is 2.44. The Morgan fingerprint density at radius 1 is 0.889 bits per heavy atom. The fourth-order valence-electron chi connectivity index (χ4n) is 2.44. The molecule has 0 heterocycles. The molecule has 2 aromatic rings. The minimum absolute atomic E-state index is 0.0874. The molecule has 0 radical (unpaired) electrons. The van der Waals surface area contributed by atoms with Crippen molar-refractivity contribution in [3.63, 3.8) is 0 Å². The number of benzene rings is 2. The number of esters is 1. The van der Waals surface area contributed by atoms with Gasteiger partial charge in [0.1, 0.15) is 5.75 Å². The van der Waals surface area contributed by atoms with Gasteiger partial charge in [0.2, 0.25) is 5.91 Å². The molecule has 0 atom stereocenters. The third kappa shape index (κ3) is 6.26. The van der Waals surface area contributed by atoms with Crippen LogP contribution < -0.4 is 10.1 Å². The Morgan fingerprint density at radius 3 is 2.11 bits per heavy atom. The monoisotopic (exact) mass is 369 g/mol. The third-order valence-electron chi connectivity index (χ3n) is 3.93. The van der Waals surface area contributed by atoms with Gasteiger partial charge in [-0.1, -0.05) is 12.1 Å². The zero-order valence-corrected chi connectivity index (χ0v) is 15.5. The van der Waals surface area contributed by atoms with Crippen LogP contribution in [0.15, 0.2) is 48.5 Å². The number of amides is 1. The summed E-state index contributed by atoms with van der Waals surface area (Å²) in [6.07, 6.45) is 0.257. The van der Waals surface area contributed by atoms with Crippen molar-refractivity contribution in [1.29, 1.82) is 0 Å². The highest BCUT2D eigenvalue weighted by atomic mass is 16.5. The summed E-state index contributed by atoms with van der Waals surface area (Å²) in [6.45, 7) is 2.79. The average molecular weight is 369 g/mol. The summed E-state index contributed by atoms with van der Waals surface area (Å²) in [5.41, 5.74) is 1.87. The Hall–Kier alpha value is -3.15. The molecule has 0 fully saturated rings.